The summed E-state index contributed by atoms with van der Waals surface area (Å²) in [4.78, 5) is 26.2. The molecule has 1 fully saturated rings. The lowest BCUT2D eigenvalue weighted by Crippen LogP contribution is -2.39. The molecule has 0 radical (unpaired) electrons. The molecule has 96 valence electrons. The van der Waals surface area contributed by atoms with Crippen LogP contribution < -0.4 is 5.32 Å². The first-order chi connectivity index (χ1) is 8.50. The Kier molecular flexibility index (Phi) is 3.32. The Morgan fingerprint density at radius 2 is 2.17 bits per heavy atom. The van der Waals surface area contributed by atoms with Crippen molar-refractivity contribution >= 4 is 11.9 Å². The minimum atomic E-state index is -1.09. The van der Waals surface area contributed by atoms with Crippen molar-refractivity contribution in [2.45, 2.75) is 26.2 Å². The number of aromatic carboxylic acids is 1. The van der Waals surface area contributed by atoms with E-state index in [0.29, 0.717) is 12.1 Å². The van der Waals surface area contributed by atoms with Gasteiger partial charge in [-0.05, 0) is 30.4 Å². The van der Waals surface area contributed by atoms with E-state index >= 15 is 0 Å². The number of nitrogens with one attached hydrogen (secondary N) is 1. The van der Waals surface area contributed by atoms with Crippen molar-refractivity contribution in [3.8, 4) is 0 Å². The molecule has 18 heavy (non-hydrogen) atoms. The van der Waals surface area contributed by atoms with Crippen LogP contribution in [0.3, 0.4) is 0 Å². The first-order valence-electron chi connectivity index (χ1n) is 5.98. The molecule has 2 rings (SSSR count). The molecule has 0 spiro atoms. The fraction of sp³-hybridized carbons (Fsp3) is 0.462. The van der Waals surface area contributed by atoms with Crippen LogP contribution in [0.15, 0.2) is 18.3 Å². The standard InChI is InChI=1S/C13H16N2O3/c1-13(5-2-6-13)8-15-11(16)9-3-4-10(12(17)18)14-7-9/h3-4,7H,2,5-6,8H2,1H3,(H,15,16)(H,17,18). The molecule has 0 atom stereocenters. The maximum Gasteiger partial charge on any atom is 0.354 e. The topological polar surface area (TPSA) is 79.3 Å². The lowest BCUT2D eigenvalue weighted by molar-refractivity contribution is 0.0689. The van der Waals surface area contributed by atoms with E-state index in [1.54, 1.807) is 0 Å². The minimum absolute atomic E-state index is 0.0579. The second kappa shape index (κ2) is 4.76. The zero-order valence-corrected chi connectivity index (χ0v) is 10.3. The number of amides is 1. The Labute approximate surface area is 105 Å². The Morgan fingerprint density at radius 3 is 2.61 bits per heavy atom. The summed E-state index contributed by atoms with van der Waals surface area (Å²) in [5.41, 5.74) is 0.560. The summed E-state index contributed by atoms with van der Waals surface area (Å²) in [6, 6.07) is 2.82. The molecule has 5 heteroatoms. The van der Waals surface area contributed by atoms with Crippen LogP contribution in [0.4, 0.5) is 0 Å². The van der Waals surface area contributed by atoms with Gasteiger partial charge >= 0.3 is 5.97 Å². The summed E-state index contributed by atoms with van der Waals surface area (Å²) < 4.78 is 0. The van der Waals surface area contributed by atoms with Crippen molar-refractivity contribution in [1.82, 2.24) is 10.3 Å². The summed E-state index contributed by atoms with van der Waals surface area (Å²) >= 11 is 0. The molecule has 2 N–H and O–H groups in total. The van der Waals surface area contributed by atoms with Gasteiger partial charge in [-0.2, -0.15) is 0 Å². The van der Waals surface area contributed by atoms with E-state index in [0.717, 1.165) is 12.8 Å². The van der Waals surface area contributed by atoms with Crippen molar-refractivity contribution in [2.24, 2.45) is 5.41 Å². The molecule has 0 bridgehead atoms. The number of aromatic nitrogens is 1. The van der Waals surface area contributed by atoms with Gasteiger partial charge in [0.1, 0.15) is 5.69 Å². The van der Waals surface area contributed by atoms with Crippen LogP contribution in [0, 0.1) is 5.41 Å². The van der Waals surface area contributed by atoms with E-state index in [2.05, 4.69) is 17.2 Å². The fourth-order valence-corrected chi connectivity index (χ4v) is 2.01. The number of nitrogens with zero attached hydrogens (tertiary/aromatic N) is 1. The molecule has 0 aromatic carbocycles. The third-order valence-corrected chi connectivity index (χ3v) is 3.48. The third-order valence-electron chi connectivity index (χ3n) is 3.48. The zero-order valence-electron chi connectivity index (χ0n) is 10.3. The molecule has 0 aliphatic heterocycles. The zero-order chi connectivity index (χ0) is 13.2. The van der Waals surface area contributed by atoms with Crippen LogP contribution in [0.5, 0.6) is 0 Å². The molecule has 1 saturated carbocycles. The van der Waals surface area contributed by atoms with Gasteiger partial charge in [-0.25, -0.2) is 9.78 Å². The highest BCUT2D eigenvalue weighted by atomic mass is 16.4. The average Bonchev–Trinajstić information content (AvgIpc) is 2.33. The van der Waals surface area contributed by atoms with Gasteiger partial charge in [-0.15, -0.1) is 0 Å². The number of pyridine rings is 1. The average molecular weight is 248 g/mol. The maximum atomic E-state index is 11.8. The lowest BCUT2D eigenvalue weighted by atomic mass is 9.70. The van der Waals surface area contributed by atoms with Crippen LogP contribution in [0.25, 0.3) is 0 Å². The van der Waals surface area contributed by atoms with Crippen LogP contribution in [-0.4, -0.2) is 28.5 Å². The number of hydrogen-bond acceptors (Lipinski definition) is 3. The number of hydrogen-bond donors (Lipinski definition) is 2. The summed E-state index contributed by atoms with van der Waals surface area (Å²) in [7, 11) is 0. The molecule has 1 aromatic heterocycles. The number of rotatable bonds is 4. The van der Waals surface area contributed by atoms with E-state index in [1.165, 1.54) is 24.8 Å². The largest absolute Gasteiger partial charge is 0.477 e. The van der Waals surface area contributed by atoms with Crippen LogP contribution in [-0.2, 0) is 0 Å². The predicted molar refractivity (Wildman–Crippen MR) is 65.5 cm³/mol. The number of carbonyl (C=O) groups excluding carboxylic acids is 1. The first kappa shape index (κ1) is 12.5. The monoisotopic (exact) mass is 248 g/mol. The van der Waals surface area contributed by atoms with Crippen molar-refractivity contribution in [1.29, 1.82) is 0 Å². The Balaban J connectivity index is 1.94. The fourth-order valence-electron chi connectivity index (χ4n) is 2.01. The summed E-state index contributed by atoms with van der Waals surface area (Å²) in [6.07, 6.45) is 4.80. The quantitative estimate of drug-likeness (QED) is 0.850. The van der Waals surface area contributed by atoms with Gasteiger partial charge in [-0.1, -0.05) is 13.3 Å². The van der Waals surface area contributed by atoms with Gasteiger partial charge in [0.25, 0.3) is 5.91 Å². The Morgan fingerprint density at radius 1 is 1.44 bits per heavy atom. The van der Waals surface area contributed by atoms with E-state index in [-0.39, 0.29) is 17.0 Å². The summed E-state index contributed by atoms with van der Waals surface area (Å²) in [6.45, 7) is 2.81. The highest BCUT2D eigenvalue weighted by molar-refractivity contribution is 5.94. The minimum Gasteiger partial charge on any atom is -0.477 e. The molecule has 1 heterocycles. The summed E-state index contributed by atoms with van der Waals surface area (Å²) in [5.74, 6) is -1.29. The van der Waals surface area contributed by atoms with Gasteiger partial charge in [0.05, 0.1) is 5.56 Å². The van der Waals surface area contributed by atoms with E-state index in [1.807, 2.05) is 0 Å². The van der Waals surface area contributed by atoms with Crippen molar-refractivity contribution in [3.63, 3.8) is 0 Å². The van der Waals surface area contributed by atoms with Crippen molar-refractivity contribution < 1.29 is 14.7 Å². The molecular formula is C13H16N2O3. The molecule has 1 aromatic rings. The van der Waals surface area contributed by atoms with E-state index in [9.17, 15) is 9.59 Å². The van der Waals surface area contributed by atoms with Gasteiger partial charge < -0.3 is 10.4 Å². The van der Waals surface area contributed by atoms with E-state index in [4.69, 9.17) is 5.11 Å². The molecule has 1 aliphatic carbocycles. The number of carboxylic acid groups (broad SMARTS) is 1. The first-order valence-corrected chi connectivity index (χ1v) is 5.98. The van der Waals surface area contributed by atoms with Crippen LogP contribution in [0.1, 0.15) is 47.0 Å². The third kappa shape index (κ3) is 2.67. The van der Waals surface area contributed by atoms with Crippen LogP contribution >= 0.6 is 0 Å². The second-order valence-corrected chi connectivity index (χ2v) is 5.08. The second-order valence-electron chi connectivity index (χ2n) is 5.08. The number of carbonyl (C=O) groups is 2. The smallest absolute Gasteiger partial charge is 0.354 e. The van der Waals surface area contributed by atoms with Crippen molar-refractivity contribution in [2.75, 3.05) is 6.54 Å². The van der Waals surface area contributed by atoms with Gasteiger partial charge in [0, 0.05) is 12.7 Å². The Bertz CT molecular complexity index is 464. The molecular weight excluding hydrogens is 232 g/mol. The molecule has 0 unspecified atom stereocenters. The van der Waals surface area contributed by atoms with Crippen molar-refractivity contribution in [3.05, 3.63) is 29.6 Å². The molecule has 1 aliphatic rings. The number of carboxylic acids is 1. The highest BCUT2D eigenvalue weighted by Gasteiger charge is 2.31. The van der Waals surface area contributed by atoms with Crippen LogP contribution in [0.2, 0.25) is 0 Å². The molecule has 0 saturated heterocycles. The van der Waals surface area contributed by atoms with Gasteiger partial charge in [0.15, 0.2) is 0 Å². The lowest BCUT2D eigenvalue weighted by Gasteiger charge is -2.38. The highest BCUT2D eigenvalue weighted by Crippen LogP contribution is 2.39. The van der Waals surface area contributed by atoms with E-state index < -0.39 is 5.97 Å². The molecule has 5 nitrogen and oxygen atoms in total. The van der Waals surface area contributed by atoms with Gasteiger partial charge in [0.2, 0.25) is 0 Å². The Hall–Kier alpha value is -1.91. The maximum absolute atomic E-state index is 11.8. The normalized spacial score (nSPS) is 16.7. The van der Waals surface area contributed by atoms with Gasteiger partial charge in [-0.3, -0.25) is 4.79 Å². The molecule has 1 amide bonds. The summed E-state index contributed by atoms with van der Waals surface area (Å²) in [5, 5.41) is 11.6. The predicted octanol–water partition coefficient (Wildman–Crippen LogP) is 1.70. The SMILES string of the molecule is CC1(CNC(=O)c2ccc(C(=O)O)nc2)CCC1.